The molecule has 2 heterocycles. The second kappa shape index (κ2) is 7.88. The van der Waals surface area contributed by atoms with Gasteiger partial charge in [-0.05, 0) is 37.3 Å². The van der Waals surface area contributed by atoms with Gasteiger partial charge in [0.25, 0.3) is 0 Å². The minimum absolute atomic E-state index is 0.415. The molecule has 2 aromatic heterocycles. The molecule has 0 saturated carbocycles. The molecule has 1 amide bonds. The fourth-order valence-corrected chi connectivity index (χ4v) is 5.07. The molecule has 4 aromatic rings. The summed E-state index contributed by atoms with van der Waals surface area (Å²) in [5.74, 6) is 1.22. The van der Waals surface area contributed by atoms with Crippen LogP contribution in [-0.2, 0) is 19.4 Å². The number of aromatic nitrogens is 2. The first kappa shape index (κ1) is 18.8. The number of nitrogens with zero attached hydrogens (tertiary/aromatic N) is 2. The molecule has 0 bridgehead atoms. The fourth-order valence-electron chi connectivity index (χ4n) is 4.08. The van der Waals surface area contributed by atoms with Crippen molar-refractivity contribution in [1.82, 2.24) is 9.97 Å². The number of hydrogen-bond acceptors (Lipinski definition) is 5. The van der Waals surface area contributed by atoms with E-state index in [1.165, 1.54) is 17.5 Å². The summed E-state index contributed by atoms with van der Waals surface area (Å²) in [5.41, 5.74) is 9.69. The molecule has 0 fully saturated rings. The summed E-state index contributed by atoms with van der Waals surface area (Å²) >= 11 is 1.56. The van der Waals surface area contributed by atoms with Crippen LogP contribution in [0.2, 0.25) is 0 Å². The summed E-state index contributed by atoms with van der Waals surface area (Å²) in [7, 11) is 0. The van der Waals surface area contributed by atoms with Gasteiger partial charge in [-0.25, -0.2) is 9.97 Å². The number of carbonyl (C=O) groups excluding carboxylic acids is 1. The number of anilines is 1. The molecule has 6 heteroatoms. The Kier molecular flexibility index (Phi) is 4.93. The maximum atomic E-state index is 11.8. The Morgan fingerprint density at radius 2 is 1.83 bits per heavy atom. The molecule has 2 aromatic carbocycles. The van der Waals surface area contributed by atoms with Crippen LogP contribution in [0.3, 0.4) is 0 Å². The van der Waals surface area contributed by atoms with Gasteiger partial charge >= 0.3 is 0 Å². The van der Waals surface area contributed by atoms with Gasteiger partial charge in [-0.1, -0.05) is 42.5 Å². The third-order valence-corrected chi connectivity index (χ3v) is 6.59. The van der Waals surface area contributed by atoms with Crippen molar-refractivity contribution in [2.24, 2.45) is 5.73 Å². The molecule has 0 unspecified atom stereocenters. The molecule has 5 rings (SSSR count). The van der Waals surface area contributed by atoms with E-state index in [2.05, 4.69) is 17.4 Å². The van der Waals surface area contributed by atoms with Gasteiger partial charge in [0, 0.05) is 39.5 Å². The zero-order valence-corrected chi connectivity index (χ0v) is 17.3. The lowest BCUT2D eigenvalue weighted by atomic mass is 9.96. The summed E-state index contributed by atoms with van der Waals surface area (Å²) in [6, 6.07) is 16.0. The molecule has 0 spiro atoms. The normalized spacial score (nSPS) is 13.2. The average Bonchev–Trinajstić information content (AvgIpc) is 3.22. The van der Waals surface area contributed by atoms with E-state index in [1.54, 1.807) is 17.4 Å². The van der Waals surface area contributed by atoms with Crippen molar-refractivity contribution < 1.29 is 4.79 Å². The monoisotopic (exact) mass is 414 g/mol. The summed E-state index contributed by atoms with van der Waals surface area (Å²) in [5, 5.41) is 7.36. The topological polar surface area (TPSA) is 80.9 Å². The van der Waals surface area contributed by atoms with Crippen LogP contribution < -0.4 is 11.1 Å². The van der Waals surface area contributed by atoms with Crippen LogP contribution in [0.25, 0.3) is 21.5 Å². The third kappa shape index (κ3) is 3.44. The van der Waals surface area contributed by atoms with Crippen molar-refractivity contribution >= 4 is 33.8 Å². The highest BCUT2D eigenvalue weighted by Crippen LogP contribution is 2.37. The van der Waals surface area contributed by atoms with Crippen molar-refractivity contribution in [2.45, 2.75) is 32.2 Å². The van der Waals surface area contributed by atoms with Gasteiger partial charge in [-0.2, -0.15) is 0 Å². The van der Waals surface area contributed by atoms with Gasteiger partial charge in [0.05, 0.1) is 4.88 Å². The Balaban J connectivity index is 1.58. The van der Waals surface area contributed by atoms with E-state index in [0.717, 1.165) is 53.0 Å². The van der Waals surface area contributed by atoms with Crippen LogP contribution in [-0.4, -0.2) is 15.9 Å². The Bertz CT molecular complexity index is 1230. The minimum atomic E-state index is -0.415. The lowest BCUT2D eigenvalue weighted by Gasteiger charge is -2.20. The highest BCUT2D eigenvalue weighted by atomic mass is 32.1. The lowest BCUT2D eigenvalue weighted by molar-refractivity contribution is 0.100. The highest BCUT2D eigenvalue weighted by molar-refractivity contribution is 7.15. The third-order valence-electron chi connectivity index (χ3n) is 5.60. The Hall–Kier alpha value is -3.25. The number of aryl methyl sites for hydroxylation is 1. The first-order chi connectivity index (χ1) is 14.7. The van der Waals surface area contributed by atoms with E-state index in [1.807, 2.05) is 35.7 Å². The zero-order chi connectivity index (χ0) is 20.5. The fraction of sp³-hybridized carbons (Fsp3) is 0.208. The van der Waals surface area contributed by atoms with Crippen LogP contribution in [0.15, 0.2) is 53.9 Å². The molecule has 30 heavy (non-hydrogen) atoms. The predicted molar refractivity (Wildman–Crippen MR) is 122 cm³/mol. The van der Waals surface area contributed by atoms with Crippen LogP contribution in [0.5, 0.6) is 0 Å². The second-order valence-corrected chi connectivity index (χ2v) is 8.44. The largest absolute Gasteiger partial charge is 0.366 e. The van der Waals surface area contributed by atoms with Crippen molar-refractivity contribution in [2.75, 3.05) is 5.32 Å². The van der Waals surface area contributed by atoms with E-state index in [-0.39, 0.29) is 0 Å². The Labute approximate surface area is 179 Å². The van der Waals surface area contributed by atoms with Gasteiger partial charge in [0.1, 0.15) is 5.82 Å². The second-order valence-electron chi connectivity index (χ2n) is 7.56. The van der Waals surface area contributed by atoms with Crippen molar-refractivity contribution in [1.29, 1.82) is 0 Å². The SMILES string of the molecule is NC(=O)c1cccc2c(-c3nc4c(c(NCc5ccccc5)n3)CCCC4)scc12. The Morgan fingerprint density at radius 1 is 1.00 bits per heavy atom. The van der Waals surface area contributed by atoms with Crippen LogP contribution >= 0.6 is 11.3 Å². The van der Waals surface area contributed by atoms with E-state index in [9.17, 15) is 4.79 Å². The molecule has 0 saturated heterocycles. The van der Waals surface area contributed by atoms with Gasteiger partial charge in [-0.3, -0.25) is 4.79 Å². The number of nitrogens with one attached hydrogen (secondary N) is 1. The molecule has 1 aliphatic carbocycles. The van der Waals surface area contributed by atoms with Gasteiger partial charge < -0.3 is 11.1 Å². The van der Waals surface area contributed by atoms with Crippen molar-refractivity contribution in [3.8, 4) is 10.7 Å². The Morgan fingerprint density at radius 3 is 2.67 bits per heavy atom. The number of thiophene rings is 1. The minimum Gasteiger partial charge on any atom is -0.366 e. The number of benzene rings is 2. The molecular formula is C24H22N4OS. The summed E-state index contributed by atoms with van der Waals surface area (Å²) in [6.07, 6.45) is 4.29. The number of hydrogen-bond donors (Lipinski definition) is 2. The maximum Gasteiger partial charge on any atom is 0.249 e. The molecule has 1 aliphatic rings. The molecular weight excluding hydrogens is 392 g/mol. The maximum absolute atomic E-state index is 11.8. The summed E-state index contributed by atoms with van der Waals surface area (Å²) < 4.78 is 0. The number of nitrogens with two attached hydrogens (primary N) is 1. The zero-order valence-electron chi connectivity index (χ0n) is 16.5. The van der Waals surface area contributed by atoms with Crippen molar-refractivity contribution in [3.05, 3.63) is 76.3 Å². The molecule has 150 valence electrons. The number of amides is 1. The smallest absolute Gasteiger partial charge is 0.249 e. The average molecular weight is 415 g/mol. The number of fused-ring (bicyclic) bond motifs is 2. The van der Waals surface area contributed by atoms with E-state index in [0.29, 0.717) is 11.4 Å². The van der Waals surface area contributed by atoms with E-state index < -0.39 is 5.91 Å². The lowest BCUT2D eigenvalue weighted by Crippen LogP contribution is -2.13. The molecule has 0 atom stereocenters. The molecule has 0 aliphatic heterocycles. The number of carbonyl (C=O) groups is 1. The van der Waals surface area contributed by atoms with E-state index in [4.69, 9.17) is 15.7 Å². The standard InChI is InChI=1S/C24H22N4OS/c25-22(29)17-11-6-10-16-19(17)14-30-21(16)24-27-20-12-5-4-9-18(20)23(28-24)26-13-15-7-2-1-3-8-15/h1-3,6-8,10-11,14H,4-5,9,12-13H2,(H2,25,29)(H,26,27,28). The summed E-state index contributed by atoms with van der Waals surface area (Å²) in [6.45, 7) is 0.723. The van der Waals surface area contributed by atoms with Crippen molar-refractivity contribution in [3.63, 3.8) is 0 Å². The van der Waals surface area contributed by atoms with Gasteiger partial charge in [-0.15, -0.1) is 11.3 Å². The molecule has 0 radical (unpaired) electrons. The number of primary amides is 1. The van der Waals surface area contributed by atoms with Crippen LogP contribution in [0, 0.1) is 0 Å². The van der Waals surface area contributed by atoms with Gasteiger partial charge in [0.15, 0.2) is 5.82 Å². The first-order valence-corrected chi connectivity index (χ1v) is 11.1. The predicted octanol–water partition coefficient (Wildman–Crippen LogP) is 4.95. The van der Waals surface area contributed by atoms with Gasteiger partial charge in [0.2, 0.25) is 5.91 Å². The summed E-state index contributed by atoms with van der Waals surface area (Å²) in [4.78, 5) is 22.7. The quantitative estimate of drug-likeness (QED) is 0.484. The molecule has 5 nitrogen and oxygen atoms in total. The van der Waals surface area contributed by atoms with Crippen LogP contribution in [0.1, 0.15) is 40.0 Å². The number of rotatable bonds is 5. The highest BCUT2D eigenvalue weighted by Gasteiger charge is 2.21. The first-order valence-electron chi connectivity index (χ1n) is 10.2. The van der Waals surface area contributed by atoms with Crippen LogP contribution in [0.4, 0.5) is 5.82 Å². The van der Waals surface area contributed by atoms with E-state index >= 15 is 0 Å². The molecule has 3 N–H and O–H groups in total.